The first-order chi connectivity index (χ1) is 16.5. The number of ether oxygens (including phenoxy) is 2. The summed E-state index contributed by atoms with van der Waals surface area (Å²) in [7, 11) is 1.46. The lowest BCUT2D eigenvalue weighted by atomic mass is 9.73. The highest BCUT2D eigenvalue weighted by Crippen LogP contribution is 2.44. The summed E-state index contributed by atoms with van der Waals surface area (Å²) in [5, 5.41) is 14.3. The van der Waals surface area contributed by atoms with Gasteiger partial charge in [-0.15, -0.1) is 0 Å². The Morgan fingerprint density at radius 2 is 1.62 bits per heavy atom. The highest BCUT2D eigenvalue weighted by atomic mass is 16.5. The largest absolute Gasteiger partial charge is 0.481 e. The van der Waals surface area contributed by atoms with Crippen molar-refractivity contribution in [2.75, 3.05) is 26.9 Å². The maximum absolute atomic E-state index is 12.6. The lowest BCUT2D eigenvalue weighted by Gasteiger charge is -2.34. The van der Waals surface area contributed by atoms with Crippen LogP contribution in [0.25, 0.3) is 11.1 Å². The monoisotopic (exact) mass is 466 g/mol. The number of carbonyl (C=O) groups excluding carboxylic acids is 2. The quantitative estimate of drug-likeness (QED) is 0.496. The summed E-state index contributed by atoms with van der Waals surface area (Å²) in [5.74, 6) is -0.777. The van der Waals surface area contributed by atoms with Gasteiger partial charge in [-0.1, -0.05) is 48.5 Å². The molecule has 0 heterocycles. The Balaban J connectivity index is 1.28. The number of rotatable bonds is 10. The molecule has 8 heteroatoms. The first-order valence-corrected chi connectivity index (χ1v) is 11.6. The minimum absolute atomic E-state index is 0.0162. The van der Waals surface area contributed by atoms with E-state index in [9.17, 15) is 14.4 Å². The fraction of sp³-hybridized carbons (Fsp3) is 0.423. The van der Waals surface area contributed by atoms with Gasteiger partial charge < -0.3 is 25.2 Å². The van der Waals surface area contributed by atoms with E-state index in [2.05, 4.69) is 22.8 Å². The molecule has 1 atom stereocenters. The second-order valence-electron chi connectivity index (χ2n) is 9.02. The van der Waals surface area contributed by atoms with Crippen LogP contribution in [-0.4, -0.2) is 56.0 Å². The Bertz CT molecular complexity index is 1000. The van der Waals surface area contributed by atoms with Crippen LogP contribution in [0, 0.1) is 11.8 Å². The molecular weight excluding hydrogens is 436 g/mol. The highest BCUT2D eigenvalue weighted by molar-refractivity contribution is 5.86. The van der Waals surface area contributed by atoms with E-state index in [1.165, 1.54) is 7.11 Å². The van der Waals surface area contributed by atoms with Crippen molar-refractivity contribution in [3.8, 4) is 11.1 Å². The molecule has 3 N–H and O–H groups in total. The number of amides is 2. The summed E-state index contributed by atoms with van der Waals surface area (Å²) < 4.78 is 10.6. The Morgan fingerprint density at radius 1 is 1.00 bits per heavy atom. The number of fused-ring (bicyclic) bond motifs is 3. The first-order valence-electron chi connectivity index (χ1n) is 11.6. The second-order valence-corrected chi connectivity index (χ2v) is 9.02. The molecule has 2 aliphatic carbocycles. The molecule has 0 radical (unpaired) electrons. The molecule has 0 bridgehead atoms. The standard InChI is InChI=1S/C26H30N2O6/c1-33-15-23(25(31)27-13-17-10-16(11-17)12-24(29)30)28-26(32)34-14-22-20-8-4-2-6-18(20)19-7-3-5-9-21(19)22/h2-9,16-17,22-23H,10-15H2,1H3,(H,27,31)(H,28,32)(H,29,30). The van der Waals surface area contributed by atoms with Crippen LogP contribution < -0.4 is 10.6 Å². The van der Waals surface area contributed by atoms with E-state index in [4.69, 9.17) is 14.6 Å². The summed E-state index contributed by atoms with van der Waals surface area (Å²) >= 11 is 0. The van der Waals surface area contributed by atoms with Gasteiger partial charge in [-0.3, -0.25) is 9.59 Å². The maximum Gasteiger partial charge on any atom is 0.407 e. The summed E-state index contributed by atoms with van der Waals surface area (Å²) in [4.78, 5) is 35.9. The van der Waals surface area contributed by atoms with Crippen LogP contribution in [0.1, 0.15) is 36.3 Å². The van der Waals surface area contributed by atoms with Crippen molar-refractivity contribution in [3.63, 3.8) is 0 Å². The third kappa shape index (κ3) is 5.39. The molecule has 34 heavy (non-hydrogen) atoms. The molecule has 180 valence electrons. The van der Waals surface area contributed by atoms with Crippen molar-refractivity contribution in [3.05, 3.63) is 59.7 Å². The van der Waals surface area contributed by atoms with Gasteiger partial charge in [0.2, 0.25) is 5.91 Å². The van der Waals surface area contributed by atoms with E-state index in [-0.39, 0.29) is 43.3 Å². The van der Waals surface area contributed by atoms with Crippen molar-refractivity contribution < 1.29 is 29.0 Å². The topological polar surface area (TPSA) is 114 Å². The third-order valence-corrected chi connectivity index (χ3v) is 6.65. The van der Waals surface area contributed by atoms with Gasteiger partial charge in [0.25, 0.3) is 0 Å². The first kappa shape index (κ1) is 23.8. The number of hydrogen-bond acceptors (Lipinski definition) is 5. The molecule has 8 nitrogen and oxygen atoms in total. The van der Waals surface area contributed by atoms with Crippen molar-refractivity contribution in [2.45, 2.75) is 31.2 Å². The molecule has 2 aliphatic rings. The average molecular weight is 467 g/mol. The van der Waals surface area contributed by atoms with Crippen LogP contribution in [-0.2, 0) is 19.1 Å². The van der Waals surface area contributed by atoms with Crippen LogP contribution in [0.3, 0.4) is 0 Å². The van der Waals surface area contributed by atoms with Crippen LogP contribution in [0.5, 0.6) is 0 Å². The summed E-state index contributed by atoms with van der Waals surface area (Å²) in [6.07, 6.45) is 1.05. The Labute approximate surface area is 198 Å². The van der Waals surface area contributed by atoms with Gasteiger partial charge in [-0.2, -0.15) is 0 Å². The Kier molecular flexibility index (Phi) is 7.47. The lowest BCUT2D eigenvalue weighted by molar-refractivity contribution is -0.139. The van der Waals surface area contributed by atoms with Crippen molar-refractivity contribution >= 4 is 18.0 Å². The van der Waals surface area contributed by atoms with Gasteiger partial charge in [-0.05, 0) is 46.9 Å². The molecule has 2 aromatic carbocycles. The van der Waals surface area contributed by atoms with Crippen molar-refractivity contribution in [2.24, 2.45) is 11.8 Å². The van der Waals surface area contributed by atoms with Crippen LogP contribution in [0.4, 0.5) is 4.79 Å². The zero-order valence-electron chi connectivity index (χ0n) is 19.2. The predicted octanol–water partition coefficient (Wildman–Crippen LogP) is 3.16. The Hall–Kier alpha value is -3.39. The SMILES string of the molecule is COCC(NC(=O)OCC1c2ccccc2-c2ccccc21)C(=O)NCC1CC(CC(=O)O)C1. The number of benzene rings is 2. The average Bonchev–Trinajstić information content (AvgIpc) is 3.12. The van der Waals surface area contributed by atoms with Crippen LogP contribution in [0.15, 0.2) is 48.5 Å². The molecule has 2 amide bonds. The van der Waals surface area contributed by atoms with Gasteiger partial charge in [0.05, 0.1) is 6.61 Å². The number of methoxy groups -OCH3 is 1. The van der Waals surface area contributed by atoms with Crippen LogP contribution in [0.2, 0.25) is 0 Å². The molecule has 1 saturated carbocycles. The summed E-state index contributed by atoms with van der Waals surface area (Å²) in [5.41, 5.74) is 4.52. The van der Waals surface area contributed by atoms with E-state index in [1.807, 2.05) is 36.4 Å². The van der Waals surface area contributed by atoms with Crippen molar-refractivity contribution in [1.82, 2.24) is 10.6 Å². The minimum Gasteiger partial charge on any atom is -0.481 e. The molecule has 1 fully saturated rings. The summed E-state index contributed by atoms with van der Waals surface area (Å²) in [6.45, 7) is 0.623. The second kappa shape index (κ2) is 10.7. The van der Waals surface area contributed by atoms with Gasteiger partial charge in [-0.25, -0.2) is 4.79 Å². The molecular formula is C26H30N2O6. The number of nitrogens with one attached hydrogen (secondary N) is 2. The maximum atomic E-state index is 12.6. The van der Waals surface area contributed by atoms with Crippen LogP contribution >= 0.6 is 0 Å². The molecule has 4 rings (SSSR count). The fourth-order valence-electron chi connectivity index (χ4n) is 4.95. The van der Waals surface area contributed by atoms with Gasteiger partial charge in [0, 0.05) is 26.0 Å². The van der Waals surface area contributed by atoms with Crippen molar-refractivity contribution in [1.29, 1.82) is 0 Å². The predicted molar refractivity (Wildman–Crippen MR) is 125 cm³/mol. The normalized spacial score (nSPS) is 19.3. The molecule has 0 aromatic heterocycles. The number of alkyl carbamates (subject to hydrolysis) is 1. The minimum atomic E-state index is -0.879. The van der Waals surface area contributed by atoms with E-state index < -0.39 is 18.1 Å². The van der Waals surface area contributed by atoms with E-state index in [0.717, 1.165) is 35.1 Å². The molecule has 1 unspecified atom stereocenters. The lowest BCUT2D eigenvalue weighted by Crippen LogP contribution is -2.51. The molecule has 0 aliphatic heterocycles. The zero-order valence-corrected chi connectivity index (χ0v) is 19.2. The summed E-state index contributed by atoms with van der Waals surface area (Å²) in [6, 6.07) is 15.3. The Morgan fingerprint density at radius 3 is 2.21 bits per heavy atom. The number of hydrogen-bond donors (Lipinski definition) is 3. The fourth-order valence-corrected chi connectivity index (χ4v) is 4.95. The number of carbonyl (C=O) groups is 3. The number of aliphatic carboxylic acids is 1. The van der Waals surface area contributed by atoms with E-state index in [0.29, 0.717) is 6.54 Å². The van der Waals surface area contributed by atoms with Gasteiger partial charge in [0.1, 0.15) is 12.6 Å². The number of carboxylic acid groups (broad SMARTS) is 1. The molecule has 2 aromatic rings. The van der Waals surface area contributed by atoms with Gasteiger partial charge >= 0.3 is 12.1 Å². The van der Waals surface area contributed by atoms with E-state index >= 15 is 0 Å². The third-order valence-electron chi connectivity index (χ3n) is 6.65. The molecule has 0 spiro atoms. The number of carboxylic acids is 1. The highest BCUT2D eigenvalue weighted by Gasteiger charge is 2.32. The zero-order chi connectivity index (χ0) is 24.1. The molecule has 0 saturated heterocycles. The van der Waals surface area contributed by atoms with E-state index in [1.54, 1.807) is 0 Å². The smallest absolute Gasteiger partial charge is 0.407 e. The van der Waals surface area contributed by atoms with Gasteiger partial charge in [0.15, 0.2) is 0 Å².